The molecule has 1 aliphatic rings. The lowest BCUT2D eigenvalue weighted by molar-refractivity contribution is 0.0928. The summed E-state index contributed by atoms with van der Waals surface area (Å²) in [5.74, 6) is -1.07. The van der Waals surface area contributed by atoms with Crippen molar-refractivity contribution in [3.8, 4) is 5.69 Å². The summed E-state index contributed by atoms with van der Waals surface area (Å²) in [7, 11) is 0. The Hall–Kier alpha value is -2.99. The lowest BCUT2D eigenvalue weighted by atomic mass is 10.1. The van der Waals surface area contributed by atoms with Crippen molar-refractivity contribution in [3.05, 3.63) is 92.1 Å². The molecule has 1 heterocycles. The Kier molecular flexibility index (Phi) is 4.73. The van der Waals surface area contributed by atoms with Gasteiger partial charge in [-0.1, -0.05) is 29.8 Å². The van der Waals surface area contributed by atoms with Crippen molar-refractivity contribution in [3.63, 3.8) is 0 Å². The molecule has 1 aromatic heterocycles. The van der Waals surface area contributed by atoms with E-state index in [0.29, 0.717) is 10.7 Å². The molecule has 28 heavy (non-hydrogen) atoms. The number of aryl methyl sites for hydroxylation is 2. The number of halogens is 2. The molecule has 3 aromatic rings. The van der Waals surface area contributed by atoms with Crippen LogP contribution in [0.25, 0.3) is 5.69 Å². The number of fused-ring (bicyclic) bond motifs is 1. The molecule has 0 bridgehead atoms. The molecule has 1 unspecified atom stereocenters. The van der Waals surface area contributed by atoms with E-state index in [1.807, 2.05) is 12.1 Å². The fourth-order valence-electron chi connectivity index (χ4n) is 3.53. The first-order chi connectivity index (χ1) is 13.4. The normalized spacial score (nSPS) is 15.3. The van der Waals surface area contributed by atoms with E-state index in [1.54, 1.807) is 31.2 Å². The summed E-state index contributed by atoms with van der Waals surface area (Å²) in [6.07, 6.45) is 1.51. The quantitative estimate of drug-likeness (QED) is 0.732. The van der Waals surface area contributed by atoms with Gasteiger partial charge in [-0.2, -0.15) is 5.10 Å². The van der Waals surface area contributed by atoms with Crippen LogP contribution in [0.2, 0.25) is 5.02 Å². The van der Waals surface area contributed by atoms with Gasteiger partial charge in [0.15, 0.2) is 5.69 Å². The molecule has 1 N–H and O–H groups in total. The minimum absolute atomic E-state index is 0.176. The SMILES string of the molecule is Cc1cc(=O)c(C(=O)NC2CCc3cc(Cl)ccc32)nn1-c1ccccc1F. The van der Waals surface area contributed by atoms with Crippen molar-refractivity contribution in [2.75, 3.05) is 0 Å². The molecule has 0 radical (unpaired) electrons. The fraction of sp³-hybridized carbons (Fsp3) is 0.190. The van der Waals surface area contributed by atoms with E-state index in [2.05, 4.69) is 10.4 Å². The molecule has 0 saturated carbocycles. The largest absolute Gasteiger partial charge is 0.344 e. The molecule has 142 valence electrons. The number of benzene rings is 2. The molecular weight excluding hydrogens is 381 g/mol. The van der Waals surface area contributed by atoms with Crippen LogP contribution in [0.1, 0.15) is 39.8 Å². The van der Waals surface area contributed by atoms with Gasteiger partial charge in [-0.25, -0.2) is 9.07 Å². The number of rotatable bonds is 3. The third kappa shape index (κ3) is 3.31. The summed E-state index contributed by atoms with van der Waals surface area (Å²) < 4.78 is 15.4. The van der Waals surface area contributed by atoms with Crippen LogP contribution >= 0.6 is 11.6 Å². The summed E-state index contributed by atoms with van der Waals surface area (Å²) in [4.78, 5) is 25.1. The highest BCUT2D eigenvalue weighted by atomic mass is 35.5. The maximum Gasteiger partial charge on any atom is 0.276 e. The molecule has 4 rings (SSSR count). The third-order valence-corrected chi connectivity index (χ3v) is 5.13. The van der Waals surface area contributed by atoms with Gasteiger partial charge < -0.3 is 5.32 Å². The number of aromatic nitrogens is 2. The first kappa shape index (κ1) is 18.4. The summed E-state index contributed by atoms with van der Waals surface area (Å²) in [6.45, 7) is 1.64. The van der Waals surface area contributed by atoms with E-state index < -0.39 is 17.2 Å². The maximum atomic E-state index is 14.2. The van der Waals surface area contributed by atoms with Crippen LogP contribution in [0.3, 0.4) is 0 Å². The first-order valence-corrected chi connectivity index (χ1v) is 9.27. The molecular formula is C21H17ClFN3O2. The van der Waals surface area contributed by atoms with Crippen molar-refractivity contribution >= 4 is 17.5 Å². The zero-order valence-corrected chi connectivity index (χ0v) is 15.8. The molecule has 1 amide bonds. The van der Waals surface area contributed by atoms with Gasteiger partial charge in [-0.3, -0.25) is 9.59 Å². The summed E-state index contributed by atoms with van der Waals surface area (Å²) in [6, 6.07) is 12.7. The van der Waals surface area contributed by atoms with E-state index in [9.17, 15) is 14.0 Å². The highest BCUT2D eigenvalue weighted by Crippen LogP contribution is 2.32. The number of hydrogen-bond donors (Lipinski definition) is 1. The molecule has 1 atom stereocenters. The van der Waals surface area contributed by atoms with Crippen molar-refractivity contribution in [1.29, 1.82) is 0 Å². The summed E-state index contributed by atoms with van der Waals surface area (Å²) in [5, 5.41) is 7.67. The molecule has 0 fully saturated rings. The van der Waals surface area contributed by atoms with Crippen LogP contribution in [-0.4, -0.2) is 15.7 Å². The van der Waals surface area contributed by atoms with Crippen LogP contribution < -0.4 is 10.7 Å². The Bertz CT molecular complexity index is 1140. The van der Waals surface area contributed by atoms with Gasteiger partial charge in [0.05, 0.1) is 6.04 Å². The smallest absolute Gasteiger partial charge is 0.276 e. The summed E-state index contributed by atoms with van der Waals surface area (Å²) >= 11 is 6.02. The second-order valence-electron chi connectivity index (χ2n) is 6.77. The Morgan fingerprint density at radius 2 is 2.04 bits per heavy atom. The Labute approximate surface area is 165 Å². The highest BCUT2D eigenvalue weighted by Gasteiger charge is 2.26. The maximum absolute atomic E-state index is 14.2. The fourth-order valence-corrected chi connectivity index (χ4v) is 3.73. The van der Waals surface area contributed by atoms with Crippen molar-refractivity contribution in [2.45, 2.75) is 25.8 Å². The molecule has 5 nitrogen and oxygen atoms in total. The number of para-hydroxylation sites is 1. The van der Waals surface area contributed by atoms with E-state index in [4.69, 9.17) is 11.6 Å². The number of amides is 1. The summed E-state index contributed by atoms with van der Waals surface area (Å²) in [5.41, 5.74) is 1.91. The standard InChI is InChI=1S/C21H17ClFN3O2/c1-12-10-19(27)20(25-26(12)18-5-3-2-4-16(18)23)21(28)24-17-9-6-13-11-14(22)7-8-15(13)17/h2-5,7-8,10-11,17H,6,9H2,1H3,(H,24,28). The van der Waals surface area contributed by atoms with Gasteiger partial charge in [0.2, 0.25) is 5.43 Å². The topological polar surface area (TPSA) is 64.0 Å². The molecule has 0 saturated heterocycles. The second kappa shape index (κ2) is 7.20. The van der Waals surface area contributed by atoms with Crippen LogP contribution in [0.4, 0.5) is 4.39 Å². The number of nitrogens with one attached hydrogen (secondary N) is 1. The minimum atomic E-state index is -0.581. The van der Waals surface area contributed by atoms with Crippen molar-refractivity contribution in [1.82, 2.24) is 15.1 Å². The van der Waals surface area contributed by atoms with E-state index in [-0.39, 0.29) is 17.4 Å². The van der Waals surface area contributed by atoms with E-state index >= 15 is 0 Å². The van der Waals surface area contributed by atoms with Gasteiger partial charge in [-0.05, 0) is 55.2 Å². The second-order valence-corrected chi connectivity index (χ2v) is 7.21. The molecule has 2 aromatic carbocycles. The van der Waals surface area contributed by atoms with Gasteiger partial charge in [0.1, 0.15) is 11.5 Å². The predicted molar refractivity (Wildman–Crippen MR) is 105 cm³/mol. The molecule has 7 heteroatoms. The average Bonchev–Trinajstić information content (AvgIpc) is 3.04. The average molecular weight is 398 g/mol. The molecule has 0 spiro atoms. The van der Waals surface area contributed by atoms with Crippen molar-refractivity contribution in [2.24, 2.45) is 0 Å². The van der Waals surface area contributed by atoms with Gasteiger partial charge >= 0.3 is 0 Å². The zero-order valence-electron chi connectivity index (χ0n) is 15.1. The zero-order chi connectivity index (χ0) is 19.8. The Balaban J connectivity index is 1.67. The number of nitrogens with zero attached hydrogens (tertiary/aromatic N) is 2. The number of hydrogen-bond acceptors (Lipinski definition) is 3. The predicted octanol–water partition coefficient (Wildman–Crippen LogP) is 3.75. The van der Waals surface area contributed by atoms with E-state index in [0.717, 1.165) is 24.0 Å². The lowest BCUT2D eigenvalue weighted by Crippen LogP contribution is -2.34. The number of carbonyl (C=O) groups is 1. The Morgan fingerprint density at radius 3 is 2.82 bits per heavy atom. The van der Waals surface area contributed by atoms with Crippen molar-refractivity contribution < 1.29 is 9.18 Å². The van der Waals surface area contributed by atoms with Crippen LogP contribution in [0, 0.1) is 12.7 Å². The minimum Gasteiger partial charge on any atom is -0.344 e. The van der Waals surface area contributed by atoms with Crippen LogP contribution in [0.15, 0.2) is 53.3 Å². The monoisotopic (exact) mass is 397 g/mol. The van der Waals surface area contributed by atoms with Gasteiger partial charge in [0.25, 0.3) is 5.91 Å². The highest BCUT2D eigenvalue weighted by molar-refractivity contribution is 6.30. The number of carbonyl (C=O) groups excluding carboxylic acids is 1. The first-order valence-electron chi connectivity index (χ1n) is 8.89. The third-order valence-electron chi connectivity index (χ3n) is 4.89. The molecule has 1 aliphatic carbocycles. The van der Waals surface area contributed by atoms with E-state index in [1.165, 1.54) is 16.8 Å². The molecule has 0 aliphatic heterocycles. The van der Waals surface area contributed by atoms with Crippen LogP contribution in [-0.2, 0) is 6.42 Å². The lowest BCUT2D eigenvalue weighted by Gasteiger charge is -2.15. The Morgan fingerprint density at radius 1 is 1.25 bits per heavy atom. The van der Waals surface area contributed by atoms with Gasteiger partial charge in [0, 0.05) is 16.8 Å². The van der Waals surface area contributed by atoms with Crippen LogP contribution in [0.5, 0.6) is 0 Å². The van der Waals surface area contributed by atoms with Gasteiger partial charge in [-0.15, -0.1) is 0 Å².